The van der Waals surface area contributed by atoms with Crippen molar-refractivity contribution < 1.29 is 14.6 Å². The van der Waals surface area contributed by atoms with Gasteiger partial charge in [0.15, 0.2) is 0 Å². The van der Waals surface area contributed by atoms with Crippen LogP contribution >= 0.6 is 0 Å². The normalized spacial score (nSPS) is 12.0. The van der Waals surface area contributed by atoms with Gasteiger partial charge in [0.25, 0.3) is 0 Å². The molecule has 2 aromatic rings. The van der Waals surface area contributed by atoms with Crippen molar-refractivity contribution in [3.8, 4) is 11.5 Å². The molecule has 1 atom stereocenters. The average molecular weight is 286 g/mol. The SMILES string of the molecule is COc1cccc(OC)c1C(O)Cc1cc(C)cc(C)c1. The van der Waals surface area contributed by atoms with E-state index in [1.807, 2.05) is 18.2 Å². The van der Waals surface area contributed by atoms with Gasteiger partial charge in [-0.25, -0.2) is 0 Å². The van der Waals surface area contributed by atoms with E-state index in [0.717, 1.165) is 5.56 Å². The Morgan fingerprint density at radius 3 is 1.95 bits per heavy atom. The molecule has 3 heteroatoms. The Bertz CT molecular complexity index is 577. The van der Waals surface area contributed by atoms with Gasteiger partial charge in [0.1, 0.15) is 11.5 Å². The van der Waals surface area contributed by atoms with Crippen LogP contribution in [0, 0.1) is 13.8 Å². The Morgan fingerprint density at radius 1 is 0.952 bits per heavy atom. The summed E-state index contributed by atoms with van der Waals surface area (Å²) in [6.07, 6.45) is -0.142. The van der Waals surface area contributed by atoms with Crippen LogP contribution in [0.25, 0.3) is 0 Å². The number of hydrogen-bond acceptors (Lipinski definition) is 3. The first-order valence-corrected chi connectivity index (χ1v) is 7.01. The predicted octanol–water partition coefficient (Wildman–Crippen LogP) is 3.60. The van der Waals surface area contributed by atoms with Crippen LogP contribution in [-0.4, -0.2) is 19.3 Å². The smallest absolute Gasteiger partial charge is 0.128 e. The summed E-state index contributed by atoms with van der Waals surface area (Å²) in [7, 11) is 3.20. The van der Waals surface area contributed by atoms with E-state index in [1.165, 1.54) is 11.1 Å². The highest BCUT2D eigenvalue weighted by atomic mass is 16.5. The molecule has 21 heavy (non-hydrogen) atoms. The first-order chi connectivity index (χ1) is 10.0. The molecule has 0 aliphatic rings. The lowest BCUT2D eigenvalue weighted by atomic mass is 9.97. The Kier molecular flexibility index (Phi) is 4.86. The number of aliphatic hydroxyl groups is 1. The molecule has 112 valence electrons. The summed E-state index contributed by atoms with van der Waals surface area (Å²) >= 11 is 0. The van der Waals surface area contributed by atoms with Crippen molar-refractivity contribution in [3.05, 3.63) is 58.7 Å². The monoisotopic (exact) mass is 286 g/mol. The first-order valence-electron chi connectivity index (χ1n) is 7.01. The van der Waals surface area contributed by atoms with E-state index in [1.54, 1.807) is 14.2 Å². The van der Waals surface area contributed by atoms with Gasteiger partial charge in [-0.1, -0.05) is 35.4 Å². The molecule has 3 nitrogen and oxygen atoms in total. The second kappa shape index (κ2) is 6.64. The van der Waals surface area contributed by atoms with Gasteiger partial charge in [0.05, 0.1) is 25.9 Å². The van der Waals surface area contributed by atoms with Crippen LogP contribution in [0.2, 0.25) is 0 Å². The number of hydrogen-bond donors (Lipinski definition) is 1. The van der Waals surface area contributed by atoms with Crippen molar-refractivity contribution in [1.29, 1.82) is 0 Å². The first kappa shape index (κ1) is 15.4. The van der Waals surface area contributed by atoms with Gasteiger partial charge >= 0.3 is 0 Å². The zero-order valence-electron chi connectivity index (χ0n) is 13.0. The molecule has 1 unspecified atom stereocenters. The van der Waals surface area contributed by atoms with Gasteiger partial charge in [-0.2, -0.15) is 0 Å². The fraction of sp³-hybridized carbons (Fsp3) is 0.333. The van der Waals surface area contributed by atoms with Crippen LogP contribution in [0.3, 0.4) is 0 Å². The summed E-state index contributed by atoms with van der Waals surface area (Å²) in [5.74, 6) is 1.29. The van der Waals surface area contributed by atoms with E-state index < -0.39 is 6.10 Å². The summed E-state index contributed by atoms with van der Waals surface area (Å²) in [5, 5.41) is 10.6. The fourth-order valence-electron chi connectivity index (χ4n) is 2.72. The molecule has 0 spiro atoms. The quantitative estimate of drug-likeness (QED) is 0.912. The van der Waals surface area contributed by atoms with Crippen LogP contribution in [0.5, 0.6) is 11.5 Å². The van der Waals surface area contributed by atoms with Crippen LogP contribution in [0.1, 0.15) is 28.4 Å². The summed E-state index contributed by atoms with van der Waals surface area (Å²) in [4.78, 5) is 0. The molecule has 0 aliphatic heterocycles. The summed E-state index contributed by atoms with van der Waals surface area (Å²) in [6.45, 7) is 4.12. The molecule has 1 N–H and O–H groups in total. The predicted molar refractivity (Wildman–Crippen MR) is 84.1 cm³/mol. The number of rotatable bonds is 5. The average Bonchev–Trinajstić information content (AvgIpc) is 2.45. The Labute approximate surface area is 126 Å². The zero-order valence-corrected chi connectivity index (χ0v) is 13.0. The third-order valence-corrected chi connectivity index (χ3v) is 3.51. The van der Waals surface area contributed by atoms with Crippen molar-refractivity contribution >= 4 is 0 Å². The van der Waals surface area contributed by atoms with Crippen LogP contribution < -0.4 is 9.47 Å². The van der Waals surface area contributed by atoms with Crippen molar-refractivity contribution in [2.45, 2.75) is 26.4 Å². The number of aryl methyl sites for hydroxylation is 2. The molecule has 0 bridgehead atoms. The molecule has 0 aliphatic carbocycles. The fourth-order valence-corrected chi connectivity index (χ4v) is 2.72. The maximum atomic E-state index is 10.6. The van der Waals surface area contributed by atoms with Crippen LogP contribution in [-0.2, 0) is 6.42 Å². The van der Waals surface area contributed by atoms with Crippen LogP contribution in [0.4, 0.5) is 0 Å². The summed E-state index contributed by atoms with van der Waals surface area (Å²) in [5.41, 5.74) is 4.20. The number of aliphatic hydroxyl groups excluding tert-OH is 1. The molecule has 0 saturated carbocycles. The molecule has 0 aromatic heterocycles. The maximum Gasteiger partial charge on any atom is 0.128 e. The van der Waals surface area contributed by atoms with Crippen LogP contribution in [0.15, 0.2) is 36.4 Å². The van der Waals surface area contributed by atoms with Crippen molar-refractivity contribution in [3.63, 3.8) is 0 Å². The minimum Gasteiger partial charge on any atom is -0.496 e. The van der Waals surface area contributed by atoms with E-state index in [4.69, 9.17) is 9.47 Å². The van der Waals surface area contributed by atoms with Gasteiger partial charge in [-0.15, -0.1) is 0 Å². The summed E-state index contributed by atoms with van der Waals surface area (Å²) in [6, 6.07) is 11.8. The van der Waals surface area contributed by atoms with Gasteiger partial charge < -0.3 is 14.6 Å². The van der Waals surface area contributed by atoms with Gasteiger partial charge in [-0.3, -0.25) is 0 Å². The molecular weight excluding hydrogens is 264 g/mol. The van der Waals surface area contributed by atoms with E-state index >= 15 is 0 Å². The van der Waals surface area contributed by atoms with E-state index in [0.29, 0.717) is 23.5 Å². The lowest BCUT2D eigenvalue weighted by molar-refractivity contribution is 0.169. The lowest BCUT2D eigenvalue weighted by Crippen LogP contribution is -2.06. The van der Waals surface area contributed by atoms with Gasteiger partial charge in [0, 0.05) is 6.42 Å². The molecule has 2 aromatic carbocycles. The van der Waals surface area contributed by atoms with E-state index in [2.05, 4.69) is 32.0 Å². The largest absolute Gasteiger partial charge is 0.496 e. The second-order valence-corrected chi connectivity index (χ2v) is 5.29. The molecular formula is C18H22O3. The standard InChI is InChI=1S/C18H22O3/c1-12-8-13(2)10-14(9-12)11-15(19)18-16(20-3)6-5-7-17(18)21-4/h5-10,15,19H,11H2,1-4H3. The minimum absolute atomic E-state index is 0.527. The Morgan fingerprint density at radius 2 is 1.48 bits per heavy atom. The number of benzene rings is 2. The molecule has 0 amide bonds. The molecule has 2 rings (SSSR count). The topological polar surface area (TPSA) is 38.7 Å². The third-order valence-electron chi connectivity index (χ3n) is 3.51. The van der Waals surface area contributed by atoms with Crippen molar-refractivity contribution in [2.24, 2.45) is 0 Å². The molecule has 0 radical (unpaired) electrons. The zero-order chi connectivity index (χ0) is 15.4. The minimum atomic E-state index is -0.669. The highest BCUT2D eigenvalue weighted by Gasteiger charge is 2.19. The lowest BCUT2D eigenvalue weighted by Gasteiger charge is -2.18. The summed E-state index contributed by atoms with van der Waals surface area (Å²) < 4.78 is 10.7. The highest BCUT2D eigenvalue weighted by molar-refractivity contribution is 5.47. The van der Waals surface area contributed by atoms with E-state index in [9.17, 15) is 5.11 Å². The van der Waals surface area contributed by atoms with Gasteiger partial charge in [-0.05, 0) is 31.5 Å². The Hall–Kier alpha value is -2.00. The second-order valence-electron chi connectivity index (χ2n) is 5.29. The van der Waals surface area contributed by atoms with E-state index in [-0.39, 0.29) is 0 Å². The molecule has 0 heterocycles. The Balaban J connectivity index is 2.33. The molecule has 0 saturated heterocycles. The van der Waals surface area contributed by atoms with Crippen molar-refractivity contribution in [2.75, 3.05) is 14.2 Å². The highest BCUT2D eigenvalue weighted by Crippen LogP contribution is 2.35. The number of ether oxygens (including phenoxy) is 2. The molecule has 0 fully saturated rings. The van der Waals surface area contributed by atoms with Gasteiger partial charge in [0.2, 0.25) is 0 Å². The van der Waals surface area contributed by atoms with Crippen molar-refractivity contribution in [1.82, 2.24) is 0 Å². The number of methoxy groups -OCH3 is 2. The third kappa shape index (κ3) is 3.56. The maximum absolute atomic E-state index is 10.6.